The first-order valence-corrected chi connectivity index (χ1v) is 8.09. The van der Waals surface area contributed by atoms with E-state index in [-0.39, 0.29) is 16.6 Å². The first kappa shape index (κ1) is 16.0. The lowest BCUT2D eigenvalue weighted by Gasteiger charge is -2.15. The van der Waals surface area contributed by atoms with E-state index in [2.05, 4.69) is 0 Å². The fourth-order valence-electron chi connectivity index (χ4n) is 1.71. The minimum Gasteiger partial charge on any atom is -0.443 e. The number of benzene rings is 2. The van der Waals surface area contributed by atoms with Gasteiger partial charge in [0, 0.05) is 0 Å². The lowest BCUT2D eigenvalue weighted by molar-refractivity contribution is -0.0619. The predicted molar refractivity (Wildman–Crippen MR) is 78.7 cm³/mol. The molecule has 0 aromatic heterocycles. The molecule has 6 nitrogen and oxygen atoms in total. The molecule has 0 heterocycles. The van der Waals surface area contributed by atoms with Crippen molar-refractivity contribution in [3.8, 4) is 0 Å². The van der Waals surface area contributed by atoms with Crippen LogP contribution in [0.3, 0.4) is 0 Å². The Bertz CT molecular complexity index is 716. The molecule has 116 valence electrons. The molecule has 0 saturated heterocycles. The number of hydroxylamine groups is 2. The van der Waals surface area contributed by atoms with Crippen molar-refractivity contribution < 1.29 is 23.2 Å². The topological polar surface area (TPSA) is 83.9 Å². The highest BCUT2D eigenvalue weighted by Crippen LogP contribution is 2.11. The van der Waals surface area contributed by atoms with E-state index in [0.29, 0.717) is 0 Å². The Morgan fingerprint density at radius 3 is 2.14 bits per heavy atom. The van der Waals surface area contributed by atoms with Crippen molar-refractivity contribution in [2.75, 3.05) is 5.88 Å². The molecule has 2 aromatic rings. The third-order valence-electron chi connectivity index (χ3n) is 2.81. The van der Waals surface area contributed by atoms with E-state index in [1.165, 1.54) is 12.1 Å². The average molecular weight is 321 g/mol. The molecule has 1 amide bonds. The van der Waals surface area contributed by atoms with Crippen LogP contribution < -0.4 is 0 Å². The lowest BCUT2D eigenvalue weighted by Crippen LogP contribution is -2.33. The van der Waals surface area contributed by atoms with Gasteiger partial charge in [0.2, 0.25) is 0 Å². The van der Waals surface area contributed by atoms with Gasteiger partial charge in [-0.25, -0.2) is 13.2 Å². The number of carbonyl (C=O) groups is 1. The molecular formula is C15H15NO5S. The summed E-state index contributed by atoms with van der Waals surface area (Å²) in [6, 6.07) is 16.4. The van der Waals surface area contributed by atoms with Crippen LogP contribution in [0.4, 0.5) is 4.79 Å². The number of carbonyl (C=O) groups excluding carboxylic acids is 1. The number of amides is 1. The highest BCUT2D eigenvalue weighted by atomic mass is 32.2. The summed E-state index contributed by atoms with van der Waals surface area (Å²) in [4.78, 5) is 11.6. The summed E-state index contributed by atoms with van der Waals surface area (Å²) in [5.41, 5.74) is 0.732. The van der Waals surface area contributed by atoms with E-state index in [0.717, 1.165) is 5.56 Å². The fraction of sp³-hybridized carbons (Fsp3) is 0.133. The molecule has 1 N–H and O–H groups in total. The number of ether oxygens (including phenoxy) is 1. The van der Waals surface area contributed by atoms with Crippen molar-refractivity contribution in [3.63, 3.8) is 0 Å². The van der Waals surface area contributed by atoms with Gasteiger partial charge in [0.05, 0.1) is 4.90 Å². The summed E-state index contributed by atoms with van der Waals surface area (Å²) in [5.74, 6) is -0.870. The summed E-state index contributed by atoms with van der Waals surface area (Å²) in [6.07, 6.45) is -1.12. The van der Waals surface area contributed by atoms with Crippen LogP contribution in [-0.4, -0.2) is 30.7 Å². The van der Waals surface area contributed by atoms with E-state index in [9.17, 15) is 18.4 Å². The van der Waals surface area contributed by atoms with E-state index < -0.39 is 21.8 Å². The maximum absolute atomic E-state index is 12.0. The van der Waals surface area contributed by atoms with Crippen LogP contribution in [0.15, 0.2) is 65.6 Å². The molecule has 0 aliphatic carbocycles. The Kier molecular flexibility index (Phi) is 5.13. The van der Waals surface area contributed by atoms with E-state index in [1.807, 2.05) is 6.07 Å². The van der Waals surface area contributed by atoms with Crippen LogP contribution in [0.2, 0.25) is 0 Å². The van der Waals surface area contributed by atoms with Crippen LogP contribution in [0.25, 0.3) is 0 Å². The van der Waals surface area contributed by atoms with Gasteiger partial charge in [-0.15, -0.1) is 0 Å². The van der Waals surface area contributed by atoms with Crippen molar-refractivity contribution in [1.82, 2.24) is 5.06 Å². The van der Waals surface area contributed by atoms with Gasteiger partial charge in [-0.3, -0.25) is 5.21 Å². The number of rotatable bonds is 5. The van der Waals surface area contributed by atoms with Crippen molar-refractivity contribution in [3.05, 3.63) is 66.2 Å². The zero-order chi connectivity index (χ0) is 16.0. The highest BCUT2D eigenvalue weighted by molar-refractivity contribution is 7.91. The van der Waals surface area contributed by atoms with Crippen molar-refractivity contribution in [1.29, 1.82) is 0 Å². The van der Waals surface area contributed by atoms with E-state index in [4.69, 9.17) is 4.74 Å². The maximum atomic E-state index is 12.0. The average Bonchev–Trinajstić information content (AvgIpc) is 2.54. The molecule has 0 fully saturated rings. The first-order chi connectivity index (χ1) is 10.5. The van der Waals surface area contributed by atoms with Crippen molar-refractivity contribution in [2.45, 2.75) is 11.5 Å². The van der Waals surface area contributed by atoms with E-state index in [1.54, 1.807) is 42.5 Å². The molecule has 22 heavy (non-hydrogen) atoms. The molecule has 2 aromatic carbocycles. The molecule has 0 atom stereocenters. The van der Waals surface area contributed by atoms with Gasteiger partial charge >= 0.3 is 6.09 Å². The molecule has 0 saturated carbocycles. The van der Waals surface area contributed by atoms with Crippen LogP contribution in [0, 0.1) is 0 Å². The first-order valence-electron chi connectivity index (χ1n) is 6.44. The number of hydrogen-bond donors (Lipinski definition) is 1. The Balaban J connectivity index is 1.94. The Labute approximate surface area is 128 Å². The summed E-state index contributed by atoms with van der Waals surface area (Å²) in [5, 5.41) is 9.62. The number of sulfone groups is 1. The Morgan fingerprint density at radius 2 is 1.55 bits per heavy atom. The van der Waals surface area contributed by atoms with Crippen LogP contribution in [0.5, 0.6) is 0 Å². The van der Waals surface area contributed by atoms with Crippen molar-refractivity contribution in [2.24, 2.45) is 0 Å². The molecule has 2 rings (SSSR count). The monoisotopic (exact) mass is 321 g/mol. The largest absolute Gasteiger partial charge is 0.443 e. The lowest BCUT2D eigenvalue weighted by atomic mass is 10.2. The highest BCUT2D eigenvalue weighted by Gasteiger charge is 2.22. The van der Waals surface area contributed by atoms with Crippen LogP contribution in [0.1, 0.15) is 5.56 Å². The number of hydrogen-bond acceptors (Lipinski definition) is 5. The molecule has 0 aliphatic heterocycles. The maximum Gasteiger partial charge on any atom is 0.435 e. The second-order valence-electron chi connectivity index (χ2n) is 4.50. The molecule has 7 heteroatoms. The van der Waals surface area contributed by atoms with Gasteiger partial charge in [0.15, 0.2) is 15.7 Å². The summed E-state index contributed by atoms with van der Waals surface area (Å²) >= 11 is 0. The Morgan fingerprint density at radius 1 is 1.00 bits per heavy atom. The second-order valence-corrected chi connectivity index (χ2v) is 6.46. The third-order valence-corrected chi connectivity index (χ3v) is 4.39. The quantitative estimate of drug-likeness (QED) is 0.675. The molecule has 0 unspecified atom stereocenters. The smallest absolute Gasteiger partial charge is 0.435 e. The fourth-order valence-corrected chi connectivity index (χ4v) is 2.86. The minimum absolute atomic E-state index is 0.0184. The third kappa shape index (κ3) is 4.31. The summed E-state index contributed by atoms with van der Waals surface area (Å²) < 4.78 is 28.9. The van der Waals surface area contributed by atoms with Gasteiger partial charge in [-0.05, 0) is 17.7 Å². The van der Waals surface area contributed by atoms with Gasteiger partial charge in [-0.2, -0.15) is 5.06 Å². The van der Waals surface area contributed by atoms with Gasteiger partial charge in [0.1, 0.15) is 6.61 Å². The normalized spacial score (nSPS) is 11.0. The summed E-state index contributed by atoms with van der Waals surface area (Å²) in [6.45, 7) is -0.0535. The van der Waals surface area contributed by atoms with Crippen molar-refractivity contribution >= 4 is 15.9 Å². The number of nitrogens with zero attached hydrogens (tertiary/aromatic N) is 1. The summed E-state index contributed by atoms with van der Waals surface area (Å²) in [7, 11) is -3.81. The zero-order valence-electron chi connectivity index (χ0n) is 11.6. The van der Waals surface area contributed by atoms with Gasteiger partial charge < -0.3 is 4.74 Å². The van der Waals surface area contributed by atoms with Gasteiger partial charge in [-0.1, -0.05) is 48.5 Å². The van der Waals surface area contributed by atoms with Crippen LogP contribution >= 0.6 is 0 Å². The van der Waals surface area contributed by atoms with Crippen LogP contribution in [-0.2, 0) is 21.2 Å². The molecule has 0 aliphatic rings. The Hall–Kier alpha value is -2.38. The zero-order valence-corrected chi connectivity index (χ0v) is 12.4. The SMILES string of the molecule is O=C(OCc1ccccc1)N(O)CS(=O)(=O)c1ccccc1. The van der Waals surface area contributed by atoms with E-state index >= 15 is 0 Å². The molecule has 0 bridgehead atoms. The predicted octanol–water partition coefficient (Wildman–Crippen LogP) is 2.45. The molecule has 0 spiro atoms. The van der Waals surface area contributed by atoms with Gasteiger partial charge in [0.25, 0.3) is 0 Å². The molecule has 0 radical (unpaired) electrons. The standard InChI is InChI=1S/C15H15NO5S/c17-15(21-11-13-7-3-1-4-8-13)16(18)12-22(19,20)14-9-5-2-6-10-14/h1-10,18H,11-12H2. The molecular weight excluding hydrogens is 306 g/mol. The minimum atomic E-state index is -3.81. The second kappa shape index (κ2) is 7.06.